The van der Waals surface area contributed by atoms with Gasteiger partial charge in [-0.1, -0.05) is 6.07 Å². The topological polar surface area (TPSA) is 54.0 Å². The summed E-state index contributed by atoms with van der Waals surface area (Å²) < 4.78 is 5.15. The van der Waals surface area contributed by atoms with Crippen molar-refractivity contribution in [2.45, 2.75) is 18.8 Å². The molecule has 3 heterocycles. The number of rotatable bonds is 5. The van der Waals surface area contributed by atoms with Crippen LogP contribution >= 0.6 is 0 Å². The molecule has 5 nitrogen and oxygen atoms in total. The first kappa shape index (κ1) is 14.2. The van der Waals surface area contributed by atoms with Crippen molar-refractivity contribution >= 4 is 0 Å². The number of likely N-dealkylation sites (tertiary alicyclic amines) is 1. The number of methoxy groups -OCH3 is 1. The summed E-state index contributed by atoms with van der Waals surface area (Å²) in [6.45, 7) is 4.11. The number of hydrogen-bond acceptors (Lipinski definition) is 4. The molecule has 3 rings (SSSR count). The summed E-state index contributed by atoms with van der Waals surface area (Å²) in [7, 11) is 1.76. The van der Waals surface area contributed by atoms with Gasteiger partial charge in [-0.15, -0.1) is 0 Å². The lowest BCUT2D eigenvalue weighted by atomic mass is 9.93. The van der Waals surface area contributed by atoms with Crippen LogP contribution in [0.1, 0.15) is 24.5 Å². The van der Waals surface area contributed by atoms with E-state index in [2.05, 4.69) is 27.2 Å². The predicted octanol–water partition coefficient (Wildman–Crippen LogP) is 2.30. The Balaban J connectivity index is 1.64. The van der Waals surface area contributed by atoms with E-state index in [0.717, 1.165) is 37.6 Å². The molecule has 0 aromatic carbocycles. The minimum absolute atomic E-state index is 0.562. The maximum atomic E-state index is 5.15. The summed E-state index contributed by atoms with van der Waals surface area (Å²) in [5.41, 5.74) is 3.16. The summed E-state index contributed by atoms with van der Waals surface area (Å²) in [5, 5.41) is 6.97. The van der Waals surface area contributed by atoms with Crippen LogP contribution < -0.4 is 0 Å². The lowest BCUT2D eigenvalue weighted by Crippen LogP contribution is -2.35. The van der Waals surface area contributed by atoms with Gasteiger partial charge < -0.3 is 9.64 Å². The molecule has 1 aliphatic heterocycles. The van der Waals surface area contributed by atoms with Gasteiger partial charge in [0.1, 0.15) is 0 Å². The van der Waals surface area contributed by atoms with E-state index in [9.17, 15) is 0 Å². The quantitative estimate of drug-likeness (QED) is 0.916. The predicted molar refractivity (Wildman–Crippen MR) is 82.1 cm³/mol. The molecule has 0 aliphatic carbocycles. The average molecular weight is 286 g/mol. The third-order valence-corrected chi connectivity index (χ3v) is 4.16. The average Bonchev–Trinajstić information content (AvgIpc) is 3.08. The fraction of sp³-hybridized carbons (Fsp3) is 0.500. The smallest absolute Gasteiger partial charge is 0.0883 e. The zero-order chi connectivity index (χ0) is 14.5. The van der Waals surface area contributed by atoms with Crippen molar-refractivity contribution in [3.8, 4) is 11.4 Å². The lowest BCUT2D eigenvalue weighted by Gasteiger charge is -2.31. The SMILES string of the molecule is COCCN1CCC(c2cccc(-c3ccn[nH]3)n2)CC1. The molecule has 0 saturated carbocycles. The van der Waals surface area contributed by atoms with Gasteiger partial charge in [-0.05, 0) is 44.1 Å². The molecule has 1 N–H and O–H groups in total. The third-order valence-electron chi connectivity index (χ3n) is 4.16. The largest absolute Gasteiger partial charge is 0.383 e. The summed E-state index contributed by atoms with van der Waals surface area (Å²) in [6.07, 6.45) is 4.10. The van der Waals surface area contributed by atoms with Crippen LogP contribution in [0.3, 0.4) is 0 Å². The minimum Gasteiger partial charge on any atom is -0.383 e. The van der Waals surface area contributed by atoms with Crippen molar-refractivity contribution in [1.82, 2.24) is 20.1 Å². The number of aromatic nitrogens is 3. The summed E-state index contributed by atoms with van der Waals surface area (Å²) in [4.78, 5) is 7.28. The van der Waals surface area contributed by atoms with Gasteiger partial charge >= 0.3 is 0 Å². The van der Waals surface area contributed by atoms with Crippen LogP contribution in [0.25, 0.3) is 11.4 Å². The molecule has 2 aromatic rings. The van der Waals surface area contributed by atoms with Crippen molar-refractivity contribution in [2.24, 2.45) is 0 Å². The molecule has 0 bridgehead atoms. The van der Waals surface area contributed by atoms with Crippen LogP contribution in [-0.4, -0.2) is 53.4 Å². The Bertz CT molecular complexity index is 547. The molecule has 0 atom stereocenters. The van der Waals surface area contributed by atoms with Gasteiger partial charge in [0, 0.05) is 31.5 Å². The van der Waals surface area contributed by atoms with Crippen LogP contribution in [0.2, 0.25) is 0 Å². The number of hydrogen-bond donors (Lipinski definition) is 1. The molecule has 0 unspecified atom stereocenters. The van der Waals surface area contributed by atoms with Gasteiger partial charge in [0.2, 0.25) is 0 Å². The highest BCUT2D eigenvalue weighted by Crippen LogP contribution is 2.27. The zero-order valence-corrected chi connectivity index (χ0v) is 12.5. The van der Waals surface area contributed by atoms with Gasteiger partial charge in [0.25, 0.3) is 0 Å². The second-order valence-corrected chi connectivity index (χ2v) is 5.53. The van der Waals surface area contributed by atoms with Crippen LogP contribution in [0.15, 0.2) is 30.5 Å². The first-order chi connectivity index (χ1) is 10.4. The Morgan fingerprint density at radius 2 is 2.14 bits per heavy atom. The Kier molecular flexibility index (Phi) is 4.62. The number of piperidine rings is 1. The second kappa shape index (κ2) is 6.83. The Hall–Kier alpha value is -1.72. The third kappa shape index (κ3) is 3.49. The van der Waals surface area contributed by atoms with Gasteiger partial charge in [-0.25, -0.2) is 0 Å². The first-order valence-electron chi connectivity index (χ1n) is 7.55. The van der Waals surface area contributed by atoms with Crippen LogP contribution in [0.4, 0.5) is 0 Å². The first-order valence-corrected chi connectivity index (χ1v) is 7.55. The minimum atomic E-state index is 0.562. The van der Waals surface area contributed by atoms with E-state index in [0.29, 0.717) is 5.92 Å². The molecule has 5 heteroatoms. The van der Waals surface area contributed by atoms with Crippen molar-refractivity contribution in [2.75, 3.05) is 33.4 Å². The second-order valence-electron chi connectivity index (χ2n) is 5.53. The Morgan fingerprint density at radius 3 is 2.86 bits per heavy atom. The Morgan fingerprint density at radius 1 is 1.29 bits per heavy atom. The van der Waals surface area contributed by atoms with Crippen LogP contribution in [0.5, 0.6) is 0 Å². The lowest BCUT2D eigenvalue weighted by molar-refractivity contribution is 0.130. The van der Waals surface area contributed by atoms with E-state index in [1.165, 1.54) is 18.5 Å². The van der Waals surface area contributed by atoms with E-state index < -0.39 is 0 Å². The summed E-state index contributed by atoms with van der Waals surface area (Å²) in [5.74, 6) is 0.562. The van der Waals surface area contributed by atoms with Crippen LogP contribution in [0, 0.1) is 0 Å². The molecule has 21 heavy (non-hydrogen) atoms. The van der Waals surface area contributed by atoms with Crippen LogP contribution in [-0.2, 0) is 4.74 Å². The van der Waals surface area contributed by atoms with E-state index in [1.807, 2.05) is 12.1 Å². The highest BCUT2D eigenvalue weighted by Gasteiger charge is 2.21. The fourth-order valence-electron chi connectivity index (χ4n) is 2.90. The van der Waals surface area contributed by atoms with Gasteiger partial charge in [-0.2, -0.15) is 5.10 Å². The molecule has 2 aromatic heterocycles. The maximum Gasteiger partial charge on any atom is 0.0883 e. The molecule has 1 aliphatic rings. The van der Waals surface area contributed by atoms with Gasteiger partial charge in [-0.3, -0.25) is 10.1 Å². The Labute approximate surface area is 125 Å². The molecule has 0 radical (unpaired) electrons. The normalized spacial score (nSPS) is 17.2. The van der Waals surface area contributed by atoms with Crippen molar-refractivity contribution in [3.05, 3.63) is 36.2 Å². The molecular weight excluding hydrogens is 264 g/mol. The monoisotopic (exact) mass is 286 g/mol. The number of nitrogens with zero attached hydrogens (tertiary/aromatic N) is 3. The van der Waals surface area contributed by atoms with E-state index >= 15 is 0 Å². The molecule has 0 spiro atoms. The van der Waals surface area contributed by atoms with E-state index in [-0.39, 0.29) is 0 Å². The van der Waals surface area contributed by atoms with Crippen molar-refractivity contribution in [1.29, 1.82) is 0 Å². The molecule has 1 saturated heterocycles. The van der Waals surface area contributed by atoms with Gasteiger partial charge in [0.05, 0.1) is 18.0 Å². The number of nitrogens with one attached hydrogen (secondary N) is 1. The number of aromatic amines is 1. The van der Waals surface area contributed by atoms with Gasteiger partial charge in [0.15, 0.2) is 0 Å². The molecule has 0 amide bonds. The molecular formula is C16H22N4O. The number of H-pyrrole nitrogens is 1. The van der Waals surface area contributed by atoms with E-state index in [1.54, 1.807) is 13.3 Å². The number of ether oxygens (including phenoxy) is 1. The highest BCUT2D eigenvalue weighted by atomic mass is 16.5. The van der Waals surface area contributed by atoms with Crippen molar-refractivity contribution < 1.29 is 4.74 Å². The highest BCUT2D eigenvalue weighted by molar-refractivity contribution is 5.53. The molecule has 112 valence electrons. The van der Waals surface area contributed by atoms with E-state index in [4.69, 9.17) is 9.72 Å². The summed E-state index contributed by atoms with van der Waals surface area (Å²) >= 11 is 0. The fourth-order valence-corrected chi connectivity index (χ4v) is 2.90. The number of pyridine rings is 1. The molecule has 1 fully saturated rings. The zero-order valence-electron chi connectivity index (χ0n) is 12.5. The maximum absolute atomic E-state index is 5.15. The standard InChI is InChI=1S/C16H22N4O/c1-21-12-11-20-9-6-13(7-10-20)14-3-2-4-15(18-14)16-5-8-17-19-16/h2-5,8,13H,6-7,9-12H2,1H3,(H,17,19). The summed E-state index contributed by atoms with van der Waals surface area (Å²) in [6, 6.07) is 8.23. The van der Waals surface area contributed by atoms with Crippen molar-refractivity contribution in [3.63, 3.8) is 0 Å².